The number of hydrogen-bond donors (Lipinski definition) is 2. The summed E-state index contributed by atoms with van der Waals surface area (Å²) < 4.78 is 3.89. The maximum absolute atomic E-state index is 7.35. The van der Waals surface area contributed by atoms with Crippen molar-refractivity contribution in [1.82, 2.24) is 14.8 Å². The number of nitrogen functional groups attached to an aromatic ring is 1. The maximum Gasteiger partial charge on any atom is 0.194 e. The Bertz CT molecular complexity index is 757. The van der Waals surface area contributed by atoms with Crippen LogP contribution < -0.4 is 10.3 Å². The first-order chi connectivity index (χ1) is 9.13. The third-order valence-corrected chi connectivity index (χ3v) is 3.67. The summed E-state index contributed by atoms with van der Waals surface area (Å²) in [6, 6.07) is 2.03. The van der Waals surface area contributed by atoms with Crippen molar-refractivity contribution in [1.29, 1.82) is 5.41 Å². The number of amidine groups is 1. The van der Waals surface area contributed by atoms with Gasteiger partial charge in [0.2, 0.25) is 0 Å². The Labute approximate surface area is 113 Å². The monoisotopic (exact) mass is 273 g/mol. The van der Waals surface area contributed by atoms with Crippen LogP contribution in [-0.2, 0) is 13.6 Å². The lowest BCUT2D eigenvalue weighted by molar-refractivity contribution is -0.670. The van der Waals surface area contributed by atoms with Gasteiger partial charge in [-0.05, 0) is 0 Å². The molecule has 0 aliphatic rings. The lowest BCUT2D eigenvalue weighted by Gasteiger charge is -1.99. The van der Waals surface area contributed by atoms with Crippen LogP contribution in [0.4, 0.5) is 0 Å². The Morgan fingerprint density at radius 1 is 1.58 bits per heavy atom. The highest BCUT2D eigenvalue weighted by Crippen LogP contribution is 2.15. The van der Waals surface area contributed by atoms with E-state index in [1.54, 1.807) is 5.38 Å². The van der Waals surface area contributed by atoms with Crippen LogP contribution in [0.5, 0.6) is 0 Å². The lowest BCUT2D eigenvalue weighted by atomic mass is 10.3. The summed E-state index contributed by atoms with van der Waals surface area (Å²) in [5.74, 6) is -0.000719. The molecule has 0 fully saturated rings. The molecule has 3 N–H and O–H groups in total. The predicted molar refractivity (Wildman–Crippen MR) is 73.1 cm³/mol. The van der Waals surface area contributed by atoms with E-state index in [-0.39, 0.29) is 5.84 Å². The SMILES string of the molecule is C[n+]1ccc2cnn(Cc3nc(C(=N)N)cs3)c2c1. The van der Waals surface area contributed by atoms with Gasteiger partial charge < -0.3 is 5.73 Å². The third kappa shape index (κ3) is 2.19. The van der Waals surface area contributed by atoms with Crippen LogP contribution in [0.3, 0.4) is 0 Å². The summed E-state index contributed by atoms with van der Waals surface area (Å²) in [6.45, 7) is 0.589. The first kappa shape index (κ1) is 11.8. The maximum atomic E-state index is 7.35. The number of nitrogens with zero attached hydrogens (tertiary/aromatic N) is 4. The second-order valence-electron chi connectivity index (χ2n) is 4.29. The topological polar surface area (TPSA) is 84.5 Å². The van der Waals surface area contributed by atoms with E-state index in [0.717, 1.165) is 15.9 Å². The van der Waals surface area contributed by atoms with Crippen molar-refractivity contribution >= 4 is 28.1 Å². The standard InChI is InChI=1S/C12H13N6S/c1-17-3-2-8-4-15-18(10(8)5-17)6-11-16-9(7-19-11)12(13)14/h2-5,7H,6H2,1H3,(H3,13,14)/q+1. The molecule has 0 saturated heterocycles. The fourth-order valence-electron chi connectivity index (χ4n) is 1.87. The van der Waals surface area contributed by atoms with Crippen molar-refractivity contribution < 1.29 is 4.57 Å². The van der Waals surface area contributed by atoms with Gasteiger partial charge in [0, 0.05) is 16.8 Å². The summed E-state index contributed by atoms with van der Waals surface area (Å²) in [5.41, 5.74) is 7.00. The number of nitrogens with two attached hydrogens (primary N) is 1. The van der Waals surface area contributed by atoms with Gasteiger partial charge in [-0.2, -0.15) is 5.10 Å². The van der Waals surface area contributed by atoms with Crippen LogP contribution in [0, 0.1) is 5.41 Å². The Kier molecular flexibility index (Phi) is 2.75. The average Bonchev–Trinajstić information content (AvgIpc) is 2.98. The molecule has 0 aromatic carbocycles. The second-order valence-corrected chi connectivity index (χ2v) is 5.24. The molecule has 3 aromatic heterocycles. The van der Waals surface area contributed by atoms with Crippen molar-refractivity contribution in [2.75, 3.05) is 0 Å². The van der Waals surface area contributed by atoms with E-state index in [2.05, 4.69) is 10.1 Å². The number of aromatic nitrogens is 4. The molecule has 3 aromatic rings. The molecule has 0 bridgehead atoms. The van der Waals surface area contributed by atoms with Gasteiger partial charge in [0.05, 0.1) is 12.7 Å². The molecule has 3 heterocycles. The minimum atomic E-state index is -0.000719. The summed E-state index contributed by atoms with van der Waals surface area (Å²) in [4.78, 5) is 4.32. The fourth-order valence-corrected chi connectivity index (χ4v) is 2.65. The van der Waals surface area contributed by atoms with E-state index in [0.29, 0.717) is 12.2 Å². The summed E-state index contributed by atoms with van der Waals surface area (Å²) >= 11 is 1.49. The Hall–Kier alpha value is -2.28. The summed E-state index contributed by atoms with van der Waals surface area (Å²) in [5, 5.41) is 15.5. The molecular weight excluding hydrogens is 260 g/mol. The second kappa shape index (κ2) is 4.43. The van der Waals surface area contributed by atoms with Gasteiger partial charge in [0.15, 0.2) is 12.4 Å². The van der Waals surface area contributed by atoms with E-state index >= 15 is 0 Å². The average molecular weight is 273 g/mol. The first-order valence-electron chi connectivity index (χ1n) is 5.73. The normalized spacial score (nSPS) is 11.0. The molecule has 0 atom stereocenters. The zero-order valence-electron chi connectivity index (χ0n) is 10.4. The van der Waals surface area contributed by atoms with E-state index in [1.165, 1.54) is 11.3 Å². The van der Waals surface area contributed by atoms with E-state index in [4.69, 9.17) is 11.1 Å². The summed E-state index contributed by atoms with van der Waals surface area (Å²) in [7, 11) is 1.98. The molecule has 0 radical (unpaired) electrons. The van der Waals surface area contributed by atoms with E-state index in [1.807, 2.05) is 41.0 Å². The summed E-state index contributed by atoms with van der Waals surface area (Å²) in [6.07, 6.45) is 5.86. The molecule has 0 aliphatic heterocycles. The number of nitrogens with one attached hydrogen (secondary N) is 1. The molecule has 19 heavy (non-hydrogen) atoms. The number of pyridine rings is 1. The fraction of sp³-hybridized carbons (Fsp3) is 0.167. The smallest absolute Gasteiger partial charge is 0.194 e. The van der Waals surface area contributed by atoms with Crippen molar-refractivity contribution in [3.05, 3.63) is 40.7 Å². The Morgan fingerprint density at radius 3 is 3.16 bits per heavy atom. The minimum Gasteiger partial charge on any atom is -0.382 e. The number of fused-ring (bicyclic) bond motifs is 1. The van der Waals surface area contributed by atoms with Crippen molar-refractivity contribution in [2.24, 2.45) is 12.8 Å². The first-order valence-corrected chi connectivity index (χ1v) is 6.61. The van der Waals surface area contributed by atoms with Crippen LogP contribution in [-0.4, -0.2) is 20.6 Å². The molecule has 0 aliphatic carbocycles. The molecule has 3 rings (SSSR count). The molecule has 0 amide bonds. The molecule has 96 valence electrons. The van der Waals surface area contributed by atoms with Crippen LogP contribution >= 0.6 is 11.3 Å². The van der Waals surface area contributed by atoms with Crippen molar-refractivity contribution in [2.45, 2.75) is 6.54 Å². The zero-order valence-corrected chi connectivity index (χ0v) is 11.2. The van der Waals surface area contributed by atoms with Gasteiger partial charge in [0.1, 0.15) is 29.1 Å². The van der Waals surface area contributed by atoms with E-state index < -0.39 is 0 Å². The molecule has 0 saturated carbocycles. The molecule has 7 heteroatoms. The van der Waals surface area contributed by atoms with Crippen molar-refractivity contribution in [3.8, 4) is 0 Å². The predicted octanol–water partition coefficient (Wildman–Crippen LogP) is 0.650. The van der Waals surface area contributed by atoms with E-state index in [9.17, 15) is 0 Å². The number of aryl methyl sites for hydroxylation is 1. The van der Waals surface area contributed by atoms with Crippen LogP contribution in [0.1, 0.15) is 10.7 Å². The Morgan fingerprint density at radius 2 is 2.42 bits per heavy atom. The molecule has 6 nitrogen and oxygen atoms in total. The highest BCUT2D eigenvalue weighted by atomic mass is 32.1. The number of rotatable bonds is 3. The quantitative estimate of drug-likeness (QED) is 0.417. The highest BCUT2D eigenvalue weighted by molar-refractivity contribution is 7.09. The number of hydrogen-bond acceptors (Lipinski definition) is 4. The van der Waals surface area contributed by atoms with Gasteiger partial charge in [-0.1, -0.05) is 0 Å². The molecule has 0 unspecified atom stereocenters. The van der Waals surface area contributed by atoms with Gasteiger partial charge in [0.25, 0.3) is 0 Å². The molecule has 0 spiro atoms. The van der Waals surface area contributed by atoms with Crippen LogP contribution in [0.25, 0.3) is 10.9 Å². The lowest BCUT2D eigenvalue weighted by Crippen LogP contribution is -2.26. The van der Waals surface area contributed by atoms with Gasteiger partial charge in [-0.25, -0.2) is 9.55 Å². The van der Waals surface area contributed by atoms with Crippen LogP contribution in [0.15, 0.2) is 30.0 Å². The molecular formula is C12H13N6S+. The van der Waals surface area contributed by atoms with Crippen LogP contribution in [0.2, 0.25) is 0 Å². The highest BCUT2D eigenvalue weighted by Gasteiger charge is 2.10. The largest absolute Gasteiger partial charge is 0.382 e. The zero-order chi connectivity index (χ0) is 13.4. The van der Waals surface area contributed by atoms with Crippen molar-refractivity contribution in [3.63, 3.8) is 0 Å². The number of thiazole rings is 1. The third-order valence-electron chi connectivity index (χ3n) is 2.84. The van der Waals surface area contributed by atoms with Gasteiger partial charge >= 0.3 is 0 Å². The van der Waals surface area contributed by atoms with Gasteiger partial charge in [-0.15, -0.1) is 11.3 Å². The van der Waals surface area contributed by atoms with Gasteiger partial charge in [-0.3, -0.25) is 10.1 Å². The minimum absolute atomic E-state index is 0.000719. The Balaban J connectivity index is 1.96.